The Hall–Kier alpha value is -1.61. The number of carbonyl (C=O) groups excluding carboxylic acids is 1. The van der Waals surface area contributed by atoms with Gasteiger partial charge in [-0.1, -0.05) is 36.4 Å². The number of likely N-dealkylation sites (tertiary alicyclic amines) is 1. The highest BCUT2D eigenvalue weighted by Gasteiger charge is 2.24. The zero-order valence-electron chi connectivity index (χ0n) is 14.2. The van der Waals surface area contributed by atoms with E-state index in [0.717, 1.165) is 51.9 Å². The van der Waals surface area contributed by atoms with Crippen LogP contribution in [0.15, 0.2) is 43.0 Å². The number of piperidine rings is 1. The summed E-state index contributed by atoms with van der Waals surface area (Å²) in [5.41, 5.74) is 1.28. The van der Waals surface area contributed by atoms with E-state index >= 15 is 0 Å². The van der Waals surface area contributed by atoms with Gasteiger partial charge in [0.25, 0.3) is 0 Å². The number of amides is 1. The Bertz CT molecular complexity index is 464. The molecule has 1 amide bonds. The first-order chi connectivity index (χ1) is 11.3. The van der Waals surface area contributed by atoms with Gasteiger partial charge in [-0.25, -0.2) is 0 Å². The van der Waals surface area contributed by atoms with Gasteiger partial charge in [0.1, 0.15) is 0 Å². The lowest BCUT2D eigenvalue weighted by molar-refractivity contribution is -0.126. The van der Waals surface area contributed by atoms with E-state index in [1.807, 2.05) is 24.3 Å². The molecule has 2 rings (SSSR count). The van der Waals surface area contributed by atoms with Crippen LogP contribution in [0.2, 0.25) is 0 Å². The molecule has 0 unspecified atom stereocenters. The van der Waals surface area contributed by atoms with E-state index in [0.29, 0.717) is 0 Å². The lowest BCUT2D eigenvalue weighted by Crippen LogP contribution is -2.41. The molecule has 1 saturated heterocycles. The molecule has 0 radical (unpaired) electrons. The molecule has 0 saturated carbocycles. The van der Waals surface area contributed by atoms with E-state index < -0.39 is 0 Å². The van der Waals surface area contributed by atoms with Crippen LogP contribution in [0.1, 0.15) is 37.7 Å². The van der Waals surface area contributed by atoms with Crippen LogP contribution >= 0.6 is 0 Å². The van der Waals surface area contributed by atoms with E-state index in [9.17, 15) is 4.79 Å². The average molecular weight is 314 g/mol. The van der Waals surface area contributed by atoms with Crippen LogP contribution in [0.3, 0.4) is 0 Å². The third kappa shape index (κ3) is 6.57. The van der Waals surface area contributed by atoms with Crippen molar-refractivity contribution in [3.05, 3.63) is 48.6 Å². The number of rotatable bonds is 9. The Kier molecular flexibility index (Phi) is 7.88. The van der Waals surface area contributed by atoms with Crippen molar-refractivity contribution in [2.45, 2.75) is 38.5 Å². The van der Waals surface area contributed by atoms with Crippen molar-refractivity contribution in [3.8, 4) is 0 Å². The van der Waals surface area contributed by atoms with Gasteiger partial charge in [-0.3, -0.25) is 4.79 Å². The summed E-state index contributed by atoms with van der Waals surface area (Å²) in [6.07, 6.45) is 8.47. The Morgan fingerprint density at radius 3 is 2.65 bits per heavy atom. The van der Waals surface area contributed by atoms with Crippen molar-refractivity contribution in [1.82, 2.24) is 10.2 Å². The van der Waals surface area contributed by atoms with Gasteiger partial charge < -0.3 is 10.2 Å². The number of unbranched alkanes of at least 4 members (excludes halogenated alkanes) is 2. The molecular formula is C20H30N2O. The largest absolute Gasteiger partial charge is 0.356 e. The third-order valence-corrected chi connectivity index (χ3v) is 4.65. The predicted octanol–water partition coefficient (Wildman–Crippen LogP) is 3.41. The highest BCUT2D eigenvalue weighted by molar-refractivity contribution is 5.78. The topological polar surface area (TPSA) is 32.3 Å². The molecule has 1 aliphatic rings. The first kappa shape index (κ1) is 17.7. The van der Waals surface area contributed by atoms with E-state index in [2.05, 4.69) is 28.9 Å². The number of hydrogen-bond acceptors (Lipinski definition) is 2. The summed E-state index contributed by atoms with van der Waals surface area (Å²) in [7, 11) is 0. The number of nitrogens with one attached hydrogen (secondary N) is 1. The predicted molar refractivity (Wildman–Crippen MR) is 96.4 cm³/mol. The molecule has 3 heteroatoms. The monoisotopic (exact) mass is 314 g/mol. The van der Waals surface area contributed by atoms with Gasteiger partial charge in [0.05, 0.1) is 0 Å². The fourth-order valence-corrected chi connectivity index (χ4v) is 3.16. The van der Waals surface area contributed by atoms with Crippen molar-refractivity contribution in [3.63, 3.8) is 0 Å². The summed E-state index contributed by atoms with van der Waals surface area (Å²) in [4.78, 5) is 14.8. The van der Waals surface area contributed by atoms with Gasteiger partial charge in [0.2, 0.25) is 5.91 Å². The normalized spacial score (nSPS) is 16.2. The number of hydrogen-bond donors (Lipinski definition) is 1. The van der Waals surface area contributed by atoms with E-state index in [1.165, 1.54) is 18.4 Å². The van der Waals surface area contributed by atoms with Crippen molar-refractivity contribution >= 4 is 5.91 Å². The summed E-state index contributed by atoms with van der Waals surface area (Å²) in [6.45, 7) is 7.78. The summed E-state index contributed by atoms with van der Waals surface area (Å²) in [5.74, 6) is 0.447. The maximum atomic E-state index is 12.3. The van der Waals surface area contributed by atoms with E-state index in [1.54, 1.807) is 0 Å². The lowest BCUT2D eigenvalue weighted by atomic mass is 9.95. The van der Waals surface area contributed by atoms with Crippen molar-refractivity contribution in [1.29, 1.82) is 0 Å². The highest BCUT2D eigenvalue weighted by Crippen LogP contribution is 2.18. The second-order valence-electron chi connectivity index (χ2n) is 6.43. The fraction of sp³-hybridized carbons (Fsp3) is 0.550. The molecule has 1 N–H and O–H groups in total. The molecule has 1 fully saturated rings. The molecule has 1 aromatic rings. The van der Waals surface area contributed by atoms with Crippen LogP contribution in [0, 0.1) is 5.92 Å². The van der Waals surface area contributed by atoms with Crippen LogP contribution in [0.4, 0.5) is 0 Å². The fourth-order valence-electron chi connectivity index (χ4n) is 3.16. The quantitative estimate of drug-likeness (QED) is 0.559. The summed E-state index contributed by atoms with van der Waals surface area (Å²) in [5, 5.41) is 3.11. The molecular weight excluding hydrogens is 284 g/mol. The lowest BCUT2D eigenvalue weighted by Gasteiger charge is -2.31. The minimum absolute atomic E-state index is 0.204. The summed E-state index contributed by atoms with van der Waals surface area (Å²) >= 11 is 0. The van der Waals surface area contributed by atoms with Crippen LogP contribution in [-0.4, -0.2) is 37.0 Å². The van der Waals surface area contributed by atoms with E-state index in [4.69, 9.17) is 0 Å². The molecule has 3 nitrogen and oxygen atoms in total. The third-order valence-electron chi connectivity index (χ3n) is 4.65. The first-order valence-corrected chi connectivity index (χ1v) is 8.94. The SMILES string of the molecule is C=CCCCCN1CCC(C(=O)NCCc2ccccc2)CC1. The Balaban J connectivity index is 1.59. The maximum Gasteiger partial charge on any atom is 0.223 e. The highest BCUT2D eigenvalue weighted by atomic mass is 16.1. The molecule has 1 heterocycles. The zero-order chi connectivity index (χ0) is 16.3. The van der Waals surface area contributed by atoms with Crippen LogP contribution < -0.4 is 5.32 Å². The van der Waals surface area contributed by atoms with Gasteiger partial charge in [-0.05, 0) is 63.7 Å². The van der Waals surface area contributed by atoms with Crippen molar-refractivity contribution in [2.24, 2.45) is 5.92 Å². The summed E-state index contributed by atoms with van der Waals surface area (Å²) < 4.78 is 0. The molecule has 0 bridgehead atoms. The first-order valence-electron chi connectivity index (χ1n) is 8.94. The molecule has 0 aromatic heterocycles. The van der Waals surface area contributed by atoms with Crippen LogP contribution in [0.25, 0.3) is 0 Å². The molecule has 23 heavy (non-hydrogen) atoms. The van der Waals surface area contributed by atoms with Gasteiger partial charge in [-0.15, -0.1) is 6.58 Å². The number of carbonyl (C=O) groups is 1. The molecule has 1 aromatic carbocycles. The van der Waals surface area contributed by atoms with Crippen LogP contribution in [0.5, 0.6) is 0 Å². The summed E-state index contributed by atoms with van der Waals surface area (Å²) in [6, 6.07) is 10.3. The van der Waals surface area contributed by atoms with Gasteiger partial charge in [0, 0.05) is 12.5 Å². The molecule has 126 valence electrons. The molecule has 0 atom stereocenters. The zero-order valence-corrected chi connectivity index (χ0v) is 14.2. The van der Waals surface area contributed by atoms with Gasteiger partial charge in [-0.2, -0.15) is 0 Å². The van der Waals surface area contributed by atoms with Crippen molar-refractivity contribution < 1.29 is 4.79 Å². The smallest absolute Gasteiger partial charge is 0.223 e. The second-order valence-corrected chi connectivity index (χ2v) is 6.43. The Labute approximate surface area is 140 Å². The van der Waals surface area contributed by atoms with Crippen molar-refractivity contribution in [2.75, 3.05) is 26.2 Å². The molecule has 0 spiro atoms. The minimum atomic E-state index is 0.204. The number of benzene rings is 1. The Morgan fingerprint density at radius 2 is 1.96 bits per heavy atom. The van der Waals surface area contributed by atoms with E-state index in [-0.39, 0.29) is 11.8 Å². The standard InChI is InChI=1S/C20H30N2O/c1-2-3-4-8-15-22-16-12-19(13-17-22)20(23)21-14-11-18-9-6-5-7-10-18/h2,5-7,9-10,19H,1,3-4,8,11-17H2,(H,21,23). The molecule has 1 aliphatic heterocycles. The minimum Gasteiger partial charge on any atom is -0.356 e. The number of nitrogens with zero attached hydrogens (tertiary/aromatic N) is 1. The molecule has 0 aliphatic carbocycles. The number of allylic oxidation sites excluding steroid dienone is 1. The average Bonchev–Trinajstić information content (AvgIpc) is 2.60. The Morgan fingerprint density at radius 1 is 1.22 bits per heavy atom. The maximum absolute atomic E-state index is 12.3. The van der Waals surface area contributed by atoms with Gasteiger partial charge >= 0.3 is 0 Å². The second kappa shape index (κ2) is 10.2. The van der Waals surface area contributed by atoms with Crippen LogP contribution in [-0.2, 0) is 11.2 Å². The van der Waals surface area contributed by atoms with Gasteiger partial charge in [0.15, 0.2) is 0 Å².